The van der Waals surface area contributed by atoms with Gasteiger partial charge in [0.15, 0.2) is 0 Å². The summed E-state index contributed by atoms with van der Waals surface area (Å²) in [6.45, 7) is 3.94. The van der Waals surface area contributed by atoms with Crippen LogP contribution >= 0.6 is 11.6 Å². The van der Waals surface area contributed by atoms with E-state index in [1.807, 2.05) is 24.3 Å². The summed E-state index contributed by atoms with van der Waals surface area (Å²) in [6, 6.07) is 8.41. The summed E-state index contributed by atoms with van der Waals surface area (Å²) in [5.41, 5.74) is 7.49. The lowest BCUT2D eigenvalue weighted by molar-refractivity contribution is -0.125. The molecule has 4 rings (SSSR count). The van der Waals surface area contributed by atoms with E-state index < -0.39 is 0 Å². The molecule has 1 amide bonds. The van der Waals surface area contributed by atoms with Gasteiger partial charge in [0.05, 0.1) is 12.0 Å². The predicted octanol–water partition coefficient (Wildman–Crippen LogP) is 2.49. The number of hydrogen-bond acceptors (Lipinski definition) is 4. The largest absolute Gasteiger partial charge is 0.355 e. The topological polar surface area (TPSA) is 56.4 Å². The van der Waals surface area contributed by atoms with Crippen LogP contribution in [0.1, 0.15) is 43.7 Å². The first-order chi connectivity index (χ1) is 12.7. The molecule has 0 radical (unpaired) electrons. The first kappa shape index (κ1) is 18.2. The molecule has 6 heteroatoms. The Hall–Kier alpha value is -1.14. The van der Waals surface area contributed by atoms with Gasteiger partial charge in [0, 0.05) is 24.2 Å². The summed E-state index contributed by atoms with van der Waals surface area (Å²) in [5.74, 6) is 0.655. The normalized spacial score (nSPS) is 32.2. The summed E-state index contributed by atoms with van der Waals surface area (Å²) in [6.07, 6.45) is 6.46. The molecule has 4 atom stereocenters. The number of benzene rings is 1. The van der Waals surface area contributed by atoms with Gasteiger partial charge >= 0.3 is 0 Å². The van der Waals surface area contributed by atoms with Crippen LogP contribution in [0.4, 0.5) is 0 Å². The van der Waals surface area contributed by atoms with Gasteiger partial charge in [0.2, 0.25) is 5.91 Å². The molecule has 0 saturated carbocycles. The second-order valence-electron chi connectivity index (χ2n) is 7.91. The molecule has 26 heavy (non-hydrogen) atoms. The number of amides is 1. The highest BCUT2D eigenvalue weighted by Gasteiger charge is 2.36. The second-order valence-corrected chi connectivity index (χ2v) is 8.34. The molecule has 3 heterocycles. The Bertz CT molecular complexity index is 621. The van der Waals surface area contributed by atoms with Crippen molar-refractivity contribution < 1.29 is 4.79 Å². The molecule has 3 N–H and O–H groups in total. The molecule has 1 aromatic rings. The van der Waals surface area contributed by atoms with Gasteiger partial charge in [0.25, 0.3) is 0 Å². The molecular formula is C20H29ClN4O. The molecular weight excluding hydrogens is 348 g/mol. The number of halogens is 1. The first-order valence-corrected chi connectivity index (χ1v) is 10.4. The van der Waals surface area contributed by atoms with Gasteiger partial charge in [0.1, 0.15) is 0 Å². The number of fused-ring (bicyclic) bond motifs is 1. The Balaban J connectivity index is 1.35. The molecule has 0 bridgehead atoms. The molecule has 3 aliphatic rings. The van der Waals surface area contributed by atoms with Crippen molar-refractivity contribution in [2.24, 2.45) is 11.8 Å². The lowest BCUT2D eigenvalue weighted by Crippen LogP contribution is -2.51. The summed E-state index contributed by atoms with van der Waals surface area (Å²) >= 11 is 5.99. The lowest BCUT2D eigenvalue weighted by atomic mass is 9.83. The number of piperidine rings is 2. The smallest absolute Gasteiger partial charge is 0.226 e. The molecule has 0 aromatic heterocycles. The highest BCUT2D eigenvalue weighted by molar-refractivity contribution is 6.30. The number of hydrazine groups is 1. The molecule has 3 saturated heterocycles. The molecule has 1 aromatic carbocycles. The second kappa shape index (κ2) is 8.26. The van der Waals surface area contributed by atoms with E-state index >= 15 is 0 Å². The number of nitrogens with zero attached hydrogens (tertiary/aromatic N) is 1. The van der Waals surface area contributed by atoms with Crippen molar-refractivity contribution in [2.75, 3.05) is 26.2 Å². The van der Waals surface area contributed by atoms with Crippen LogP contribution in [0.15, 0.2) is 24.3 Å². The van der Waals surface area contributed by atoms with Crippen molar-refractivity contribution in [3.8, 4) is 0 Å². The summed E-state index contributed by atoms with van der Waals surface area (Å²) < 4.78 is 0. The van der Waals surface area contributed by atoms with Crippen molar-refractivity contribution in [1.29, 1.82) is 0 Å². The maximum absolute atomic E-state index is 12.9. The minimum Gasteiger partial charge on any atom is -0.355 e. The first-order valence-electron chi connectivity index (χ1n) is 9.98. The van der Waals surface area contributed by atoms with Crippen LogP contribution < -0.4 is 16.2 Å². The Morgan fingerprint density at radius 2 is 1.96 bits per heavy atom. The number of rotatable bonds is 4. The van der Waals surface area contributed by atoms with Crippen molar-refractivity contribution in [3.63, 3.8) is 0 Å². The number of carbonyl (C=O) groups excluding carboxylic acids is 1. The van der Waals surface area contributed by atoms with E-state index in [-0.39, 0.29) is 17.9 Å². The molecule has 0 aliphatic carbocycles. The fourth-order valence-electron chi connectivity index (χ4n) is 4.91. The average Bonchev–Trinajstić information content (AvgIpc) is 3.16. The zero-order valence-electron chi connectivity index (χ0n) is 15.2. The monoisotopic (exact) mass is 376 g/mol. The van der Waals surface area contributed by atoms with Crippen molar-refractivity contribution in [1.82, 2.24) is 21.1 Å². The van der Waals surface area contributed by atoms with Gasteiger partial charge in [-0.3, -0.25) is 10.2 Å². The standard InChI is InChI=1S/C20H29ClN4O/c21-16-8-6-14(7-9-16)19-17(13-23-24-19)20(26)22-12-15-4-3-11-25-10-2-1-5-18(15)25/h6-9,15,17-19,23-24H,1-5,10-13H2,(H,22,26)/t15-,17?,18?,19?/m0/s1. The van der Waals surface area contributed by atoms with Gasteiger partial charge in [-0.2, -0.15) is 0 Å². The van der Waals surface area contributed by atoms with Crippen LogP contribution in [0, 0.1) is 11.8 Å². The maximum Gasteiger partial charge on any atom is 0.226 e. The highest BCUT2D eigenvalue weighted by Crippen LogP contribution is 2.31. The minimum atomic E-state index is -0.0952. The van der Waals surface area contributed by atoms with Gasteiger partial charge in [-0.05, 0) is 62.4 Å². The van der Waals surface area contributed by atoms with Gasteiger partial charge in [-0.25, -0.2) is 5.43 Å². The summed E-state index contributed by atoms with van der Waals surface area (Å²) in [5, 5.41) is 3.98. The Kier molecular flexibility index (Phi) is 5.79. The zero-order valence-corrected chi connectivity index (χ0v) is 16.0. The van der Waals surface area contributed by atoms with Crippen LogP contribution in [0.5, 0.6) is 0 Å². The Labute approximate surface area is 160 Å². The van der Waals surface area contributed by atoms with E-state index in [2.05, 4.69) is 21.1 Å². The molecule has 3 aliphatic heterocycles. The van der Waals surface area contributed by atoms with E-state index in [0.717, 1.165) is 17.1 Å². The quantitative estimate of drug-likeness (QED) is 0.755. The minimum absolute atomic E-state index is 0.00944. The third-order valence-electron chi connectivity index (χ3n) is 6.31. The van der Waals surface area contributed by atoms with Crippen molar-refractivity contribution in [2.45, 2.75) is 44.2 Å². The fraction of sp³-hybridized carbons (Fsp3) is 0.650. The molecule has 142 valence electrons. The highest BCUT2D eigenvalue weighted by atomic mass is 35.5. The van der Waals surface area contributed by atoms with Crippen LogP contribution in [-0.2, 0) is 4.79 Å². The lowest BCUT2D eigenvalue weighted by Gasteiger charge is -2.44. The van der Waals surface area contributed by atoms with Gasteiger partial charge < -0.3 is 10.2 Å². The third-order valence-corrected chi connectivity index (χ3v) is 6.57. The summed E-state index contributed by atoms with van der Waals surface area (Å²) in [7, 11) is 0. The zero-order chi connectivity index (χ0) is 17.9. The van der Waals surface area contributed by atoms with Crippen LogP contribution in [0.25, 0.3) is 0 Å². The van der Waals surface area contributed by atoms with Crippen molar-refractivity contribution in [3.05, 3.63) is 34.9 Å². The van der Waals surface area contributed by atoms with Gasteiger partial charge in [-0.15, -0.1) is 0 Å². The Morgan fingerprint density at radius 3 is 2.81 bits per heavy atom. The maximum atomic E-state index is 12.9. The van der Waals surface area contributed by atoms with Crippen LogP contribution in [0.2, 0.25) is 5.02 Å². The van der Waals surface area contributed by atoms with Crippen LogP contribution in [0.3, 0.4) is 0 Å². The average molecular weight is 377 g/mol. The molecule has 3 unspecified atom stereocenters. The molecule has 0 spiro atoms. The number of nitrogens with one attached hydrogen (secondary N) is 3. The SMILES string of the molecule is O=C(NC[C@@H]1CCCN2CCCCC12)C1CNNC1c1ccc(Cl)cc1. The van der Waals surface area contributed by atoms with E-state index in [0.29, 0.717) is 18.5 Å². The predicted molar refractivity (Wildman–Crippen MR) is 104 cm³/mol. The number of carbonyl (C=O) groups is 1. The fourth-order valence-corrected chi connectivity index (χ4v) is 5.03. The third kappa shape index (κ3) is 3.91. The van der Waals surface area contributed by atoms with Crippen LogP contribution in [-0.4, -0.2) is 43.0 Å². The Morgan fingerprint density at radius 1 is 1.15 bits per heavy atom. The molecule has 3 fully saturated rings. The van der Waals surface area contributed by atoms with E-state index in [1.165, 1.54) is 45.2 Å². The number of hydrogen-bond donors (Lipinski definition) is 3. The molecule has 5 nitrogen and oxygen atoms in total. The van der Waals surface area contributed by atoms with E-state index in [4.69, 9.17) is 11.6 Å². The van der Waals surface area contributed by atoms with E-state index in [9.17, 15) is 4.79 Å². The van der Waals surface area contributed by atoms with Gasteiger partial charge in [-0.1, -0.05) is 30.2 Å². The summed E-state index contributed by atoms with van der Waals surface area (Å²) in [4.78, 5) is 15.5. The van der Waals surface area contributed by atoms with E-state index in [1.54, 1.807) is 0 Å². The van der Waals surface area contributed by atoms with Crippen molar-refractivity contribution >= 4 is 17.5 Å².